The lowest BCUT2D eigenvalue weighted by molar-refractivity contribution is -0.334. The molecule has 0 aromatic heterocycles. The van der Waals surface area contributed by atoms with Crippen molar-refractivity contribution in [3.63, 3.8) is 0 Å². The predicted molar refractivity (Wildman–Crippen MR) is 129 cm³/mol. The van der Waals surface area contributed by atoms with Crippen LogP contribution >= 0.6 is 0 Å². The first-order valence-electron chi connectivity index (χ1n) is 14.1. The van der Waals surface area contributed by atoms with E-state index in [1.807, 2.05) is 19.9 Å². The van der Waals surface area contributed by atoms with E-state index in [-0.39, 0.29) is 30.5 Å². The maximum atomic E-state index is 14.7. The Morgan fingerprint density at radius 2 is 1.74 bits per heavy atom. The van der Waals surface area contributed by atoms with Crippen molar-refractivity contribution in [1.82, 2.24) is 0 Å². The van der Waals surface area contributed by atoms with Crippen molar-refractivity contribution >= 4 is 23.5 Å². The number of rotatable bonds is 0. The normalized spacial score (nSPS) is 57.9. The molecule has 2 bridgehead atoms. The molecule has 39 heavy (non-hydrogen) atoms. The molecule has 8 rings (SSSR count). The van der Waals surface area contributed by atoms with E-state index in [1.165, 1.54) is 6.92 Å². The van der Waals surface area contributed by atoms with Gasteiger partial charge in [0.25, 0.3) is 0 Å². The van der Waals surface area contributed by atoms with E-state index in [2.05, 4.69) is 0 Å². The zero-order valence-corrected chi connectivity index (χ0v) is 22.8. The highest BCUT2D eigenvalue weighted by Gasteiger charge is 2.84. The van der Waals surface area contributed by atoms with Gasteiger partial charge in [-0.15, -0.1) is 0 Å². The van der Waals surface area contributed by atoms with E-state index >= 15 is 0 Å². The lowest BCUT2D eigenvalue weighted by Gasteiger charge is -2.50. The van der Waals surface area contributed by atoms with Crippen LogP contribution in [0.2, 0.25) is 0 Å². The number of carbonyl (C=O) groups excluding carboxylic acids is 4. The summed E-state index contributed by atoms with van der Waals surface area (Å²) in [6.07, 6.45) is 1.11. The molecular weight excluding hydrogens is 508 g/mol. The highest BCUT2D eigenvalue weighted by atomic mass is 16.7. The summed E-state index contributed by atoms with van der Waals surface area (Å²) in [7, 11) is 0. The number of fused-ring (bicyclic) bond motifs is 2. The largest absolute Gasteiger partial charge is 0.459 e. The molecule has 12 atom stereocenters. The van der Waals surface area contributed by atoms with E-state index in [9.17, 15) is 24.3 Å². The second kappa shape index (κ2) is 6.66. The Bertz CT molecular complexity index is 1310. The maximum Gasteiger partial charge on any atom is 0.311 e. The van der Waals surface area contributed by atoms with Gasteiger partial charge in [-0.05, 0) is 47.0 Å². The molecule has 10 heteroatoms. The molecule has 3 spiro atoms. The molecule has 1 saturated carbocycles. The highest BCUT2D eigenvalue weighted by molar-refractivity contribution is 6.08. The molecule has 0 aromatic rings. The number of hydrogen-bond acceptors (Lipinski definition) is 10. The van der Waals surface area contributed by atoms with Crippen LogP contribution < -0.4 is 0 Å². The second-order valence-corrected chi connectivity index (χ2v) is 14.2. The Morgan fingerprint density at radius 3 is 2.49 bits per heavy atom. The van der Waals surface area contributed by atoms with Crippen molar-refractivity contribution in [1.29, 1.82) is 0 Å². The van der Waals surface area contributed by atoms with E-state index in [4.69, 9.17) is 23.7 Å². The molecule has 6 heterocycles. The van der Waals surface area contributed by atoms with Crippen molar-refractivity contribution in [2.75, 3.05) is 0 Å². The molecule has 2 aliphatic carbocycles. The van der Waals surface area contributed by atoms with E-state index in [1.54, 1.807) is 13.8 Å². The van der Waals surface area contributed by atoms with Crippen molar-refractivity contribution < 1.29 is 48.0 Å². The number of allylic oxidation sites excluding steroid dienone is 1. The number of Topliss-reactive ketones (excluding diaryl/α,β-unsaturated/α-hetero) is 2. The van der Waals surface area contributed by atoms with Crippen LogP contribution in [-0.4, -0.2) is 75.1 Å². The first-order valence-corrected chi connectivity index (χ1v) is 14.1. The Balaban J connectivity index is 1.33. The van der Waals surface area contributed by atoms with Crippen LogP contribution in [0.4, 0.5) is 0 Å². The molecule has 0 unspecified atom stereocenters. The van der Waals surface area contributed by atoms with Crippen LogP contribution in [0, 0.1) is 29.1 Å². The van der Waals surface area contributed by atoms with Gasteiger partial charge in [0.05, 0.1) is 17.9 Å². The van der Waals surface area contributed by atoms with Gasteiger partial charge >= 0.3 is 11.9 Å². The van der Waals surface area contributed by atoms with Crippen LogP contribution in [0.3, 0.4) is 0 Å². The first-order chi connectivity index (χ1) is 18.1. The number of aliphatic hydroxyl groups is 1. The number of ether oxygens (including phenoxy) is 5. The average Bonchev–Trinajstić information content (AvgIpc) is 3.41. The summed E-state index contributed by atoms with van der Waals surface area (Å²) in [5.41, 5.74) is -5.28. The minimum absolute atomic E-state index is 0.130. The molecular formula is C29H34O10. The number of carbonyl (C=O) groups is 4. The van der Waals surface area contributed by atoms with Crippen LogP contribution in [-0.2, 0) is 42.9 Å². The van der Waals surface area contributed by atoms with Crippen LogP contribution in [0.15, 0.2) is 11.6 Å². The molecule has 0 radical (unpaired) electrons. The monoisotopic (exact) mass is 542 g/mol. The summed E-state index contributed by atoms with van der Waals surface area (Å²) in [5, 5.41) is 11.7. The summed E-state index contributed by atoms with van der Waals surface area (Å²) >= 11 is 0. The van der Waals surface area contributed by atoms with Crippen molar-refractivity contribution in [3.8, 4) is 0 Å². The summed E-state index contributed by atoms with van der Waals surface area (Å²) in [5.74, 6) is -6.09. The quantitative estimate of drug-likeness (QED) is 0.449. The predicted octanol–water partition coefficient (Wildman–Crippen LogP) is 1.55. The topological polar surface area (TPSA) is 135 Å². The van der Waals surface area contributed by atoms with Crippen molar-refractivity contribution in [3.05, 3.63) is 11.6 Å². The van der Waals surface area contributed by atoms with Gasteiger partial charge in [0.1, 0.15) is 35.1 Å². The SMILES string of the molecule is C[C@@H]1C(=O)O[C@H]2[C@@H]1O[C@]13O[C@@]4(CC[C@]5(C)C(=O)[C@@](C)(O)[C@H]2[C@H]15)C[C@]12OC(=O)C[C@H]1OC(C)(C)[C@@H]2CC=C4C3=O. The van der Waals surface area contributed by atoms with Crippen LogP contribution in [0.5, 0.6) is 0 Å². The molecule has 0 amide bonds. The Morgan fingerprint density at radius 1 is 1.00 bits per heavy atom. The fourth-order valence-electron chi connectivity index (χ4n) is 10.2. The maximum absolute atomic E-state index is 14.7. The Kier molecular flexibility index (Phi) is 4.21. The highest BCUT2D eigenvalue weighted by Crippen LogP contribution is 2.71. The average molecular weight is 543 g/mol. The zero-order valence-electron chi connectivity index (χ0n) is 22.8. The standard InChI is InChI=1S/C29H34O10/c1-12-18-19(35-22(12)32)17-20-25(4,23(33)26(17,5)34)8-9-27-11-28-14(24(2,3)36-15(28)10-16(30)37-28)7-6-13(27)21(31)29(20,38-18)39-27/h6,12,14-15,17-20,34H,7-11H2,1-5H3/t12-,14-,15+,17+,18+,19+,20-,25-,26-,27-,28+,29-/m0/s1. The van der Waals surface area contributed by atoms with Gasteiger partial charge in [-0.2, -0.15) is 0 Å². The van der Waals surface area contributed by atoms with Gasteiger partial charge < -0.3 is 28.8 Å². The lowest BCUT2D eigenvalue weighted by atomic mass is 9.62. The lowest BCUT2D eigenvalue weighted by Crippen LogP contribution is -2.64. The van der Waals surface area contributed by atoms with E-state index in [0.717, 1.165) is 0 Å². The van der Waals surface area contributed by atoms with E-state index in [0.29, 0.717) is 24.8 Å². The van der Waals surface area contributed by atoms with Gasteiger partial charge in [-0.1, -0.05) is 13.0 Å². The van der Waals surface area contributed by atoms with Crippen LogP contribution in [0.25, 0.3) is 0 Å². The van der Waals surface area contributed by atoms with Gasteiger partial charge in [0, 0.05) is 35.2 Å². The fraction of sp³-hybridized carbons (Fsp3) is 0.793. The smallest absolute Gasteiger partial charge is 0.311 e. The summed E-state index contributed by atoms with van der Waals surface area (Å²) < 4.78 is 31.8. The molecule has 8 aliphatic rings. The third-order valence-electron chi connectivity index (χ3n) is 11.8. The van der Waals surface area contributed by atoms with Crippen LogP contribution in [0.1, 0.15) is 66.7 Å². The van der Waals surface area contributed by atoms with E-state index < -0.39 is 81.4 Å². The minimum Gasteiger partial charge on any atom is -0.459 e. The summed E-state index contributed by atoms with van der Waals surface area (Å²) in [4.78, 5) is 54.1. The molecule has 0 aromatic carbocycles. The molecule has 6 saturated heterocycles. The summed E-state index contributed by atoms with van der Waals surface area (Å²) in [6, 6.07) is 0. The fourth-order valence-corrected chi connectivity index (χ4v) is 10.2. The molecule has 210 valence electrons. The minimum atomic E-state index is -1.88. The second-order valence-electron chi connectivity index (χ2n) is 14.2. The number of ketones is 2. The first kappa shape index (κ1) is 24.6. The number of esters is 2. The van der Waals surface area contributed by atoms with Gasteiger partial charge in [-0.25, -0.2) is 0 Å². The Hall–Kier alpha value is -2.14. The van der Waals surface area contributed by atoms with Crippen molar-refractivity contribution in [2.45, 2.75) is 113 Å². The molecule has 6 aliphatic heterocycles. The van der Waals surface area contributed by atoms with Gasteiger partial charge in [0.2, 0.25) is 11.6 Å². The zero-order chi connectivity index (χ0) is 27.7. The number of hydrogen-bond donors (Lipinski definition) is 1. The molecule has 10 nitrogen and oxygen atoms in total. The molecule has 1 N–H and O–H groups in total. The van der Waals surface area contributed by atoms with Crippen molar-refractivity contribution in [2.24, 2.45) is 29.1 Å². The van der Waals surface area contributed by atoms with Gasteiger partial charge in [0.15, 0.2) is 5.78 Å². The third kappa shape index (κ3) is 2.48. The third-order valence-corrected chi connectivity index (χ3v) is 11.8. The Labute approximate surface area is 225 Å². The van der Waals surface area contributed by atoms with Gasteiger partial charge in [-0.3, -0.25) is 19.2 Å². The molecule has 7 fully saturated rings. The summed E-state index contributed by atoms with van der Waals surface area (Å²) in [6.45, 7) is 8.88.